The van der Waals surface area contributed by atoms with Crippen molar-refractivity contribution in [1.29, 1.82) is 0 Å². The predicted molar refractivity (Wildman–Crippen MR) is 80.8 cm³/mol. The van der Waals surface area contributed by atoms with Gasteiger partial charge >= 0.3 is 0 Å². The van der Waals surface area contributed by atoms with Crippen molar-refractivity contribution in [3.05, 3.63) is 50.5 Å². The van der Waals surface area contributed by atoms with E-state index in [0.717, 1.165) is 0 Å². The second-order valence-corrected chi connectivity index (χ2v) is 5.08. The zero-order valence-corrected chi connectivity index (χ0v) is 12.1. The third-order valence-corrected chi connectivity index (χ3v) is 3.71. The van der Waals surface area contributed by atoms with Gasteiger partial charge in [0, 0.05) is 19.2 Å². The number of nitrogens with zero attached hydrogens (tertiary/aromatic N) is 2. The van der Waals surface area contributed by atoms with Crippen LogP contribution >= 0.6 is 11.3 Å². The van der Waals surface area contributed by atoms with Gasteiger partial charge in [0.1, 0.15) is 10.6 Å². The number of hydrogen-bond donors (Lipinski definition) is 2. The maximum absolute atomic E-state index is 11.8. The van der Waals surface area contributed by atoms with Crippen molar-refractivity contribution < 1.29 is 9.72 Å². The first-order chi connectivity index (χ1) is 10.1. The molecule has 2 N–H and O–H groups in total. The number of thiazole rings is 1. The van der Waals surface area contributed by atoms with E-state index in [4.69, 9.17) is 0 Å². The largest absolute Gasteiger partial charge is 0.378 e. The molecule has 1 amide bonds. The van der Waals surface area contributed by atoms with Crippen LogP contribution < -0.4 is 10.6 Å². The van der Waals surface area contributed by atoms with E-state index in [1.165, 1.54) is 17.4 Å². The van der Waals surface area contributed by atoms with Crippen molar-refractivity contribution in [3.63, 3.8) is 0 Å². The number of nitro groups is 1. The fourth-order valence-corrected chi connectivity index (χ4v) is 2.47. The van der Waals surface area contributed by atoms with E-state index < -0.39 is 4.92 Å². The Kier molecular flexibility index (Phi) is 4.83. The average Bonchev–Trinajstić information content (AvgIpc) is 2.90. The molecule has 1 heterocycles. The second-order valence-electron chi connectivity index (χ2n) is 4.22. The van der Waals surface area contributed by atoms with E-state index in [9.17, 15) is 14.9 Å². The van der Waals surface area contributed by atoms with Gasteiger partial charge in [-0.05, 0) is 13.0 Å². The molecule has 110 valence electrons. The van der Waals surface area contributed by atoms with Crippen LogP contribution in [0.4, 0.5) is 11.4 Å². The van der Waals surface area contributed by atoms with Crippen LogP contribution in [0, 0.1) is 17.0 Å². The summed E-state index contributed by atoms with van der Waals surface area (Å²) >= 11 is 1.29. The molecule has 0 saturated heterocycles. The van der Waals surface area contributed by atoms with Crippen LogP contribution in [0.1, 0.15) is 15.4 Å². The number of carbonyl (C=O) groups excluding carboxylic acids is 1. The normalized spacial score (nSPS) is 10.1. The number of aryl methyl sites for hydroxylation is 1. The van der Waals surface area contributed by atoms with Crippen molar-refractivity contribution in [3.8, 4) is 0 Å². The minimum Gasteiger partial charge on any atom is -0.378 e. The van der Waals surface area contributed by atoms with Gasteiger partial charge in [-0.25, -0.2) is 4.98 Å². The lowest BCUT2D eigenvalue weighted by Crippen LogP contribution is -2.28. The Morgan fingerprint density at radius 3 is 2.81 bits per heavy atom. The number of amides is 1. The summed E-state index contributed by atoms with van der Waals surface area (Å²) in [6.45, 7) is 2.54. The Morgan fingerprint density at radius 2 is 2.14 bits per heavy atom. The molecule has 21 heavy (non-hydrogen) atoms. The van der Waals surface area contributed by atoms with Gasteiger partial charge in [0.25, 0.3) is 11.6 Å². The zero-order valence-electron chi connectivity index (χ0n) is 11.3. The summed E-state index contributed by atoms with van der Waals surface area (Å²) in [5.41, 5.74) is 2.77. The van der Waals surface area contributed by atoms with Crippen LogP contribution in [0.2, 0.25) is 0 Å². The van der Waals surface area contributed by atoms with Crippen LogP contribution in [-0.4, -0.2) is 28.9 Å². The molecule has 0 aliphatic heterocycles. The van der Waals surface area contributed by atoms with Crippen LogP contribution in [0.3, 0.4) is 0 Å². The first-order valence-electron chi connectivity index (χ1n) is 6.25. The third kappa shape index (κ3) is 3.76. The van der Waals surface area contributed by atoms with Crippen molar-refractivity contribution in [2.24, 2.45) is 0 Å². The molecule has 0 atom stereocenters. The summed E-state index contributed by atoms with van der Waals surface area (Å²) < 4.78 is 0. The molecular weight excluding hydrogens is 292 g/mol. The van der Waals surface area contributed by atoms with Crippen LogP contribution in [0.15, 0.2) is 29.8 Å². The fourth-order valence-electron chi connectivity index (χ4n) is 1.76. The highest BCUT2D eigenvalue weighted by atomic mass is 32.1. The minimum absolute atomic E-state index is 0.0159. The molecule has 2 aromatic rings. The minimum atomic E-state index is -0.443. The highest BCUT2D eigenvalue weighted by Gasteiger charge is 2.13. The lowest BCUT2D eigenvalue weighted by atomic mass is 10.2. The number of hydrogen-bond acceptors (Lipinski definition) is 6. The Hall–Kier alpha value is -2.48. The van der Waals surface area contributed by atoms with E-state index in [-0.39, 0.29) is 11.6 Å². The van der Waals surface area contributed by atoms with Gasteiger partial charge in [-0.3, -0.25) is 14.9 Å². The lowest BCUT2D eigenvalue weighted by molar-refractivity contribution is -0.384. The maximum atomic E-state index is 11.8. The molecule has 0 radical (unpaired) electrons. The molecule has 0 saturated carbocycles. The van der Waals surface area contributed by atoms with Crippen LogP contribution in [0.5, 0.6) is 0 Å². The Labute approximate surface area is 125 Å². The Bertz CT molecular complexity index is 656. The molecule has 8 heteroatoms. The number of para-hydroxylation sites is 2. The number of nitro benzene ring substituents is 1. The lowest BCUT2D eigenvalue weighted by Gasteiger charge is -2.08. The van der Waals surface area contributed by atoms with E-state index >= 15 is 0 Å². The van der Waals surface area contributed by atoms with Gasteiger partial charge in [0.05, 0.1) is 16.1 Å². The number of rotatable bonds is 6. The van der Waals surface area contributed by atoms with Crippen molar-refractivity contribution >= 4 is 28.6 Å². The zero-order chi connectivity index (χ0) is 15.2. The van der Waals surface area contributed by atoms with E-state index in [1.807, 2.05) is 0 Å². The number of aromatic nitrogens is 1. The highest BCUT2D eigenvalue weighted by molar-refractivity contribution is 7.11. The van der Waals surface area contributed by atoms with Crippen molar-refractivity contribution in [2.75, 3.05) is 18.4 Å². The van der Waals surface area contributed by atoms with Gasteiger partial charge < -0.3 is 10.6 Å². The van der Waals surface area contributed by atoms with Gasteiger partial charge in [-0.15, -0.1) is 11.3 Å². The summed E-state index contributed by atoms with van der Waals surface area (Å²) in [6.07, 6.45) is 0. The predicted octanol–water partition coefficient (Wildman–Crippen LogP) is 2.20. The number of benzene rings is 1. The smallest absolute Gasteiger partial charge is 0.292 e. The molecule has 1 aromatic heterocycles. The van der Waals surface area contributed by atoms with Crippen LogP contribution in [-0.2, 0) is 0 Å². The molecule has 1 aromatic carbocycles. The van der Waals surface area contributed by atoms with Gasteiger partial charge in [-0.2, -0.15) is 0 Å². The Morgan fingerprint density at radius 1 is 1.38 bits per heavy atom. The van der Waals surface area contributed by atoms with Crippen LogP contribution in [0.25, 0.3) is 0 Å². The Balaban J connectivity index is 1.84. The molecule has 2 rings (SSSR count). The van der Waals surface area contributed by atoms with E-state index in [1.54, 1.807) is 30.6 Å². The SMILES string of the molecule is Cc1ncsc1C(=O)NCCNc1ccccc1[N+](=O)[O-]. The fraction of sp³-hybridized carbons (Fsp3) is 0.231. The van der Waals surface area contributed by atoms with Gasteiger partial charge in [0.15, 0.2) is 0 Å². The second kappa shape index (κ2) is 6.80. The average molecular weight is 306 g/mol. The molecule has 0 fully saturated rings. The number of carbonyl (C=O) groups is 1. The summed E-state index contributed by atoms with van der Waals surface area (Å²) in [6, 6.07) is 6.39. The first-order valence-corrected chi connectivity index (χ1v) is 7.13. The van der Waals surface area contributed by atoms with Crippen molar-refractivity contribution in [1.82, 2.24) is 10.3 Å². The first kappa shape index (κ1) is 14.9. The van der Waals surface area contributed by atoms with E-state index in [2.05, 4.69) is 15.6 Å². The standard InChI is InChI=1S/C13H14N4O3S/c1-9-12(21-8-16-9)13(18)15-7-6-14-10-4-2-3-5-11(10)17(19)20/h2-5,8,14H,6-7H2,1H3,(H,15,18). The monoisotopic (exact) mass is 306 g/mol. The molecule has 0 aliphatic rings. The number of anilines is 1. The van der Waals surface area contributed by atoms with E-state index in [0.29, 0.717) is 29.3 Å². The topological polar surface area (TPSA) is 97.2 Å². The summed E-state index contributed by atoms with van der Waals surface area (Å²) in [5.74, 6) is -0.181. The highest BCUT2D eigenvalue weighted by Crippen LogP contribution is 2.22. The molecule has 0 spiro atoms. The third-order valence-electron chi connectivity index (χ3n) is 2.78. The quantitative estimate of drug-likeness (QED) is 0.484. The summed E-state index contributed by atoms with van der Waals surface area (Å²) in [4.78, 5) is 26.8. The molecule has 0 aliphatic carbocycles. The van der Waals surface area contributed by atoms with Gasteiger partial charge in [-0.1, -0.05) is 12.1 Å². The summed E-state index contributed by atoms with van der Waals surface area (Å²) in [5, 5.41) is 16.5. The van der Waals surface area contributed by atoms with Crippen molar-refractivity contribution in [2.45, 2.75) is 6.92 Å². The molecular formula is C13H14N4O3S. The van der Waals surface area contributed by atoms with Gasteiger partial charge in [0.2, 0.25) is 0 Å². The molecule has 7 nitrogen and oxygen atoms in total. The summed E-state index contributed by atoms with van der Waals surface area (Å²) in [7, 11) is 0. The number of nitrogens with one attached hydrogen (secondary N) is 2. The molecule has 0 unspecified atom stereocenters. The molecule has 0 bridgehead atoms. The maximum Gasteiger partial charge on any atom is 0.292 e.